The topological polar surface area (TPSA) is 52.1 Å². The number of nitrogens with zero attached hydrogens (tertiary/aromatic N) is 2. The van der Waals surface area contributed by atoms with Crippen molar-refractivity contribution in [1.29, 1.82) is 0 Å². The van der Waals surface area contributed by atoms with Crippen LogP contribution >= 0.6 is 0 Å². The molecule has 98 valence electrons. The molecule has 2 rings (SSSR count). The van der Waals surface area contributed by atoms with Crippen molar-refractivity contribution >= 4 is 5.78 Å². The molecule has 0 atom stereocenters. The highest BCUT2D eigenvalue weighted by molar-refractivity contribution is 5.97. The van der Waals surface area contributed by atoms with E-state index >= 15 is 0 Å². The first-order valence-corrected chi connectivity index (χ1v) is 5.44. The van der Waals surface area contributed by atoms with Gasteiger partial charge in [0.2, 0.25) is 5.88 Å². The number of ether oxygens (including phenoxy) is 1. The zero-order chi connectivity index (χ0) is 13.8. The van der Waals surface area contributed by atoms with Crippen LogP contribution in [0.2, 0.25) is 0 Å². The van der Waals surface area contributed by atoms with Gasteiger partial charge < -0.3 is 4.74 Å². The highest BCUT2D eigenvalue weighted by atomic mass is 19.1. The van der Waals surface area contributed by atoms with Gasteiger partial charge in [0, 0.05) is 24.4 Å². The van der Waals surface area contributed by atoms with Crippen LogP contribution in [0.15, 0.2) is 30.6 Å². The maximum absolute atomic E-state index is 13.4. The molecule has 0 saturated carbocycles. The standard InChI is InChI=1S/C13H10F2N2O2/c1-19-13-12(16-5-6-17-13)11(18)7-8-9(14)3-2-4-10(8)15/h2-6H,7H2,1H3. The van der Waals surface area contributed by atoms with Crippen LogP contribution in [-0.4, -0.2) is 22.9 Å². The molecule has 1 aromatic carbocycles. The number of ketones is 1. The summed E-state index contributed by atoms with van der Waals surface area (Å²) in [5.74, 6) is -2.06. The van der Waals surface area contributed by atoms with Crippen LogP contribution in [-0.2, 0) is 6.42 Å². The molecule has 0 N–H and O–H groups in total. The Kier molecular flexibility index (Phi) is 3.79. The predicted molar refractivity (Wildman–Crippen MR) is 63.0 cm³/mol. The van der Waals surface area contributed by atoms with Gasteiger partial charge in [-0.3, -0.25) is 4.79 Å². The van der Waals surface area contributed by atoms with Crippen LogP contribution in [0, 0.1) is 11.6 Å². The first-order chi connectivity index (χ1) is 9.13. The molecule has 0 aliphatic rings. The molecule has 0 amide bonds. The first kappa shape index (κ1) is 13.1. The molecule has 2 aromatic rings. The maximum atomic E-state index is 13.4. The van der Waals surface area contributed by atoms with Gasteiger partial charge >= 0.3 is 0 Å². The Morgan fingerprint density at radius 2 is 1.84 bits per heavy atom. The van der Waals surface area contributed by atoms with Crippen molar-refractivity contribution in [3.05, 3.63) is 53.5 Å². The number of halogens is 2. The molecular formula is C13H10F2N2O2. The van der Waals surface area contributed by atoms with E-state index in [-0.39, 0.29) is 17.1 Å². The second kappa shape index (κ2) is 5.51. The minimum atomic E-state index is -0.767. The molecule has 0 spiro atoms. The fourth-order valence-corrected chi connectivity index (χ4v) is 1.61. The van der Waals surface area contributed by atoms with Crippen molar-refractivity contribution in [2.45, 2.75) is 6.42 Å². The van der Waals surface area contributed by atoms with Gasteiger partial charge in [-0.15, -0.1) is 0 Å². The molecule has 6 heteroatoms. The molecule has 1 aromatic heterocycles. The molecule has 0 bridgehead atoms. The number of benzene rings is 1. The Balaban J connectivity index is 2.31. The fraction of sp³-hybridized carbons (Fsp3) is 0.154. The Hall–Kier alpha value is -2.37. The Bertz CT molecular complexity index is 597. The van der Waals surface area contributed by atoms with E-state index in [1.54, 1.807) is 0 Å². The van der Waals surface area contributed by atoms with Gasteiger partial charge in [-0.05, 0) is 12.1 Å². The van der Waals surface area contributed by atoms with Gasteiger partial charge in [0.15, 0.2) is 11.5 Å². The average Bonchev–Trinajstić information content (AvgIpc) is 2.42. The fourth-order valence-electron chi connectivity index (χ4n) is 1.61. The minimum Gasteiger partial charge on any atom is -0.479 e. The summed E-state index contributed by atoms with van der Waals surface area (Å²) in [6.45, 7) is 0. The third-order valence-corrected chi connectivity index (χ3v) is 2.52. The molecule has 0 aliphatic carbocycles. The summed E-state index contributed by atoms with van der Waals surface area (Å²) in [7, 11) is 1.34. The summed E-state index contributed by atoms with van der Waals surface area (Å²) in [6, 6.07) is 3.43. The maximum Gasteiger partial charge on any atom is 0.243 e. The normalized spacial score (nSPS) is 10.3. The lowest BCUT2D eigenvalue weighted by atomic mass is 10.1. The summed E-state index contributed by atoms with van der Waals surface area (Å²) in [6.07, 6.45) is 2.24. The summed E-state index contributed by atoms with van der Waals surface area (Å²) in [5, 5.41) is 0. The molecule has 0 radical (unpaired) electrons. The van der Waals surface area contributed by atoms with E-state index in [2.05, 4.69) is 9.97 Å². The number of carbonyl (C=O) groups is 1. The molecule has 0 aliphatic heterocycles. The van der Waals surface area contributed by atoms with Gasteiger partial charge in [0.1, 0.15) is 11.6 Å². The molecule has 0 saturated heterocycles. The molecule has 0 unspecified atom stereocenters. The van der Waals surface area contributed by atoms with Gasteiger partial charge in [-0.2, -0.15) is 0 Å². The SMILES string of the molecule is COc1nccnc1C(=O)Cc1c(F)cccc1F. The Morgan fingerprint density at radius 3 is 2.47 bits per heavy atom. The molecule has 19 heavy (non-hydrogen) atoms. The monoisotopic (exact) mass is 264 g/mol. The zero-order valence-electron chi connectivity index (χ0n) is 10.1. The quantitative estimate of drug-likeness (QED) is 0.794. The molecule has 4 nitrogen and oxygen atoms in total. The van der Waals surface area contributed by atoms with Gasteiger partial charge in [-0.25, -0.2) is 18.7 Å². The highest BCUT2D eigenvalue weighted by Crippen LogP contribution is 2.17. The molecular weight excluding hydrogens is 254 g/mol. The summed E-state index contributed by atoms with van der Waals surface area (Å²) in [4.78, 5) is 19.6. The van der Waals surface area contributed by atoms with Crippen molar-refractivity contribution in [1.82, 2.24) is 9.97 Å². The van der Waals surface area contributed by atoms with Crippen LogP contribution in [0.25, 0.3) is 0 Å². The van der Waals surface area contributed by atoms with Gasteiger partial charge in [0.25, 0.3) is 0 Å². The van der Waals surface area contributed by atoms with Crippen LogP contribution in [0.5, 0.6) is 5.88 Å². The number of hydrogen-bond acceptors (Lipinski definition) is 4. The van der Waals surface area contributed by atoms with E-state index in [1.807, 2.05) is 0 Å². The third-order valence-electron chi connectivity index (χ3n) is 2.52. The number of hydrogen-bond donors (Lipinski definition) is 0. The van der Waals surface area contributed by atoms with Gasteiger partial charge in [-0.1, -0.05) is 6.07 Å². The van der Waals surface area contributed by atoms with Crippen LogP contribution in [0.3, 0.4) is 0 Å². The van der Waals surface area contributed by atoms with Crippen LogP contribution in [0.1, 0.15) is 16.1 Å². The van der Waals surface area contributed by atoms with Gasteiger partial charge in [0.05, 0.1) is 7.11 Å². The molecule has 0 fully saturated rings. The largest absolute Gasteiger partial charge is 0.479 e. The summed E-state index contributed by atoms with van der Waals surface area (Å²) >= 11 is 0. The summed E-state index contributed by atoms with van der Waals surface area (Å²) < 4.78 is 31.8. The van der Waals surface area contributed by atoms with Crippen molar-refractivity contribution in [2.24, 2.45) is 0 Å². The third kappa shape index (κ3) is 2.73. The zero-order valence-corrected chi connectivity index (χ0v) is 10.1. The van der Waals surface area contributed by atoms with Crippen molar-refractivity contribution in [3.63, 3.8) is 0 Å². The lowest BCUT2D eigenvalue weighted by molar-refractivity contribution is 0.0981. The van der Waals surface area contributed by atoms with Crippen molar-refractivity contribution in [2.75, 3.05) is 7.11 Å². The lowest BCUT2D eigenvalue weighted by Gasteiger charge is -2.06. The van der Waals surface area contributed by atoms with E-state index in [1.165, 1.54) is 25.6 Å². The van der Waals surface area contributed by atoms with Crippen molar-refractivity contribution in [3.8, 4) is 5.88 Å². The van der Waals surface area contributed by atoms with Crippen LogP contribution < -0.4 is 4.74 Å². The van der Waals surface area contributed by atoms with E-state index in [0.717, 1.165) is 12.1 Å². The Morgan fingerprint density at radius 1 is 1.21 bits per heavy atom. The smallest absolute Gasteiger partial charge is 0.243 e. The number of methoxy groups -OCH3 is 1. The predicted octanol–water partition coefficient (Wildman–Crippen LogP) is 2.19. The number of carbonyl (C=O) groups excluding carboxylic acids is 1. The molecule has 1 heterocycles. The van der Waals surface area contributed by atoms with E-state index in [0.29, 0.717) is 0 Å². The first-order valence-electron chi connectivity index (χ1n) is 5.44. The second-order valence-corrected chi connectivity index (χ2v) is 3.71. The summed E-state index contributed by atoms with van der Waals surface area (Å²) in [5.41, 5.74) is -0.340. The van der Waals surface area contributed by atoms with Crippen LogP contribution in [0.4, 0.5) is 8.78 Å². The van der Waals surface area contributed by atoms with E-state index in [4.69, 9.17) is 4.74 Å². The van der Waals surface area contributed by atoms with E-state index in [9.17, 15) is 13.6 Å². The average molecular weight is 264 g/mol. The number of rotatable bonds is 4. The number of aromatic nitrogens is 2. The Labute approximate surface area is 108 Å². The highest BCUT2D eigenvalue weighted by Gasteiger charge is 2.19. The minimum absolute atomic E-state index is 0.0317. The van der Waals surface area contributed by atoms with E-state index < -0.39 is 23.8 Å². The number of Topliss-reactive ketones (excluding diaryl/α,β-unsaturated/α-hetero) is 1. The van der Waals surface area contributed by atoms with Crippen molar-refractivity contribution < 1.29 is 18.3 Å². The second-order valence-electron chi connectivity index (χ2n) is 3.71. The lowest BCUT2D eigenvalue weighted by Crippen LogP contribution is -2.11.